The summed E-state index contributed by atoms with van der Waals surface area (Å²) >= 11 is 0. The zero-order valence-electron chi connectivity index (χ0n) is 15.4. The molecule has 3 heterocycles. The van der Waals surface area contributed by atoms with Crippen molar-refractivity contribution in [1.82, 2.24) is 10.3 Å². The summed E-state index contributed by atoms with van der Waals surface area (Å²) in [5, 5.41) is 3.86. The summed E-state index contributed by atoms with van der Waals surface area (Å²) in [6.45, 7) is 4.36. The number of aromatic nitrogens is 1. The van der Waals surface area contributed by atoms with E-state index in [1.54, 1.807) is 0 Å². The Balaban J connectivity index is 1.41. The Labute approximate surface area is 158 Å². The Hall–Kier alpha value is -2.38. The molecule has 4 rings (SSSR count). The molecular weight excluding hydrogens is 346 g/mol. The fraction of sp³-hybridized carbons (Fsp3) is 0.500. The lowest BCUT2D eigenvalue weighted by atomic mass is 10.2. The van der Waals surface area contributed by atoms with Crippen LogP contribution in [0.25, 0.3) is 10.9 Å². The molecule has 0 spiro atoms. The van der Waals surface area contributed by atoms with E-state index in [4.69, 9.17) is 19.2 Å². The van der Waals surface area contributed by atoms with Gasteiger partial charge in [-0.15, -0.1) is 0 Å². The molecule has 0 bridgehead atoms. The highest BCUT2D eigenvalue weighted by molar-refractivity contribution is 5.86. The number of nitrogens with zero attached hydrogens (tertiary/aromatic N) is 2. The zero-order chi connectivity index (χ0) is 18.5. The van der Waals surface area contributed by atoms with Crippen molar-refractivity contribution >= 4 is 22.6 Å². The molecule has 2 fully saturated rings. The first-order valence-corrected chi connectivity index (χ1v) is 9.53. The smallest absolute Gasteiger partial charge is 0.258 e. The standard InChI is InChI=1S/C20H25N3O4/c24-19(21-13-16-4-2-10-26-16)14-27-17-5-1-3-15-6-7-18(22-20(15)17)23-8-11-25-12-9-23/h1,3,5-7,16H,2,4,8-14H2,(H,21,24). The Morgan fingerprint density at radius 2 is 2.11 bits per heavy atom. The van der Waals surface area contributed by atoms with Gasteiger partial charge in [-0.2, -0.15) is 0 Å². The van der Waals surface area contributed by atoms with Gasteiger partial charge in [0.25, 0.3) is 5.91 Å². The zero-order valence-corrected chi connectivity index (χ0v) is 15.4. The number of ether oxygens (including phenoxy) is 3. The topological polar surface area (TPSA) is 72.9 Å². The number of benzene rings is 1. The van der Waals surface area contributed by atoms with Crippen LogP contribution in [-0.2, 0) is 14.3 Å². The van der Waals surface area contributed by atoms with Crippen molar-refractivity contribution in [3.8, 4) is 5.75 Å². The summed E-state index contributed by atoms with van der Waals surface area (Å²) in [5.74, 6) is 1.38. The van der Waals surface area contributed by atoms with Crippen molar-refractivity contribution in [2.45, 2.75) is 18.9 Å². The minimum atomic E-state index is -0.146. The molecule has 2 aromatic rings. The quantitative estimate of drug-likeness (QED) is 0.834. The molecule has 0 saturated carbocycles. The van der Waals surface area contributed by atoms with Crippen LogP contribution < -0.4 is 15.0 Å². The van der Waals surface area contributed by atoms with E-state index in [2.05, 4.69) is 10.2 Å². The number of carbonyl (C=O) groups is 1. The first-order valence-electron chi connectivity index (χ1n) is 9.53. The number of fused-ring (bicyclic) bond motifs is 1. The van der Waals surface area contributed by atoms with Crippen LogP contribution in [-0.4, -0.2) is 63.1 Å². The summed E-state index contributed by atoms with van der Waals surface area (Å²) in [6, 6.07) is 9.82. The lowest BCUT2D eigenvalue weighted by Crippen LogP contribution is -2.36. The number of pyridine rings is 1. The maximum Gasteiger partial charge on any atom is 0.258 e. The summed E-state index contributed by atoms with van der Waals surface area (Å²) in [4.78, 5) is 19.1. The third-order valence-corrected chi connectivity index (χ3v) is 4.91. The second kappa shape index (κ2) is 8.54. The molecule has 1 aromatic carbocycles. The first kappa shape index (κ1) is 18.0. The normalized spacial score (nSPS) is 20.0. The van der Waals surface area contributed by atoms with Crippen LogP contribution in [0.4, 0.5) is 5.82 Å². The predicted octanol–water partition coefficient (Wildman–Crippen LogP) is 1.75. The van der Waals surface area contributed by atoms with Gasteiger partial charge in [0.05, 0.1) is 19.3 Å². The summed E-state index contributed by atoms with van der Waals surface area (Å²) < 4.78 is 16.7. The van der Waals surface area contributed by atoms with Crippen molar-refractivity contribution in [2.24, 2.45) is 0 Å². The SMILES string of the molecule is O=C(COc1cccc2ccc(N3CCOCC3)nc12)NCC1CCCO1. The van der Waals surface area contributed by atoms with Gasteiger partial charge in [-0.05, 0) is 31.0 Å². The summed E-state index contributed by atoms with van der Waals surface area (Å²) in [5.41, 5.74) is 0.772. The molecule has 0 radical (unpaired) electrons. The van der Waals surface area contributed by atoms with Crippen molar-refractivity contribution in [1.29, 1.82) is 0 Å². The van der Waals surface area contributed by atoms with E-state index in [-0.39, 0.29) is 18.6 Å². The van der Waals surface area contributed by atoms with Crippen LogP contribution in [0.5, 0.6) is 5.75 Å². The van der Waals surface area contributed by atoms with E-state index in [1.165, 1.54) is 0 Å². The van der Waals surface area contributed by atoms with Crippen LogP contribution in [0.15, 0.2) is 30.3 Å². The molecule has 1 amide bonds. The molecular formula is C20H25N3O4. The number of rotatable bonds is 6. The van der Waals surface area contributed by atoms with E-state index in [0.717, 1.165) is 49.3 Å². The predicted molar refractivity (Wildman–Crippen MR) is 102 cm³/mol. The molecule has 27 heavy (non-hydrogen) atoms. The number of nitrogens with one attached hydrogen (secondary N) is 1. The summed E-state index contributed by atoms with van der Waals surface area (Å²) in [6.07, 6.45) is 2.19. The molecule has 0 aliphatic carbocycles. The van der Waals surface area contributed by atoms with Crippen LogP contribution in [0, 0.1) is 0 Å². The number of carbonyl (C=O) groups excluding carboxylic acids is 1. The van der Waals surface area contributed by atoms with E-state index in [1.807, 2.05) is 30.3 Å². The van der Waals surface area contributed by atoms with Gasteiger partial charge < -0.3 is 24.4 Å². The Morgan fingerprint density at radius 1 is 1.22 bits per heavy atom. The van der Waals surface area contributed by atoms with Crippen LogP contribution in [0.2, 0.25) is 0 Å². The van der Waals surface area contributed by atoms with E-state index < -0.39 is 0 Å². The fourth-order valence-electron chi connectivity index (χ4n) is 3.42. The molecule has 1 unspecified atom stereocenters. The third-order valence-electron chi connectivity index (χ3n) is 4.91. The second-order valence-corrected chi connectivity index (χ2v) is 6.82. The molecule has 1 N–H and O–H groups in total. The second-order valence-electron chi connectivity index (χ2n) is 6.82. The average molecular weight is 371 g/mol. The average Bonchev–Trinajstić information content (AvgIpc) is 3.24. The van der Waals surface area contributed by atoms with Crippen molar-refractivity contribution < 1.29 is 19.0 Å². The number of hydrogen-bond acceptors (Lipinski definition) is 6. The molecule has 2 aliphatic heterocycles. The number of morpholine rings is 1. The highest BCUT2D eigenvalue weighted by Crippen LogP contribution is 2.26. The van der Waals surface area contributed by atoms with Gasteiger partial charge in [-0.1, -0.05) is 12.1 Å². The van der Waals surface area contributed by atoms with Gasteiger partial charge in [0.15, 0.2) is 6.61 Å². The van der Waals surface area contributed by atoms with E-state index >= 15 is 0 Å². The van der Waals surface area contributed by atoms with Gasteiger partial charge in [-0.25, -0.2) is 4.98 Å². The molecule has 2 aliphatic rings. The first-order chi connectivity index (χ1) is 13.3. The molecule has 2 saturated heterocycles. The Morgan fingerprint density at radius 3 is 2.93 bits per heavy atom. The van der Waals surface area contributed by atoms with Gasteiger partial charge >= 0.3 is 0 Å². The van der Waals surface area contributed by atoms with Gasteiger partial charge in [-0.3, -0.25) is 4.79 Å². The van der Waals surface area contributed by atoms with E-state index in [9.17, 15) is 4.79 Å². The van der Waals surface area contributed by atoms with Crippen LogP contribution in [0.1, 0.15) is 12.8 Å². The maximum absolute atomic E-state index is 12.1. The Bertz CT molecular complexity index is 786. The van der Waals surface area contributed by atoms with Gasteiger partial charge in [0, 0.05) is 31.6 Å². The Kier molecular flexibility index (Phi) is 5.69. The summed E-state index contributed by atoms with van der Waals surface area (Å²) in [7, 11) is 0. The largest absolute Gasteiger partial charge is 0.481 e. The highest BCUT2D eigenvalue weighted by atomic mass is 16.5. The minimum absolute atomic E-state index is 0.0324. The maximum atomic E-state index is 12.1. The molecule has 7 heteroatoms. The molecule has 144 valence electrons. The number of amides is 1. The minimum Gasteiger partial charge on any atom is -0.481 e. The monoisotopic (exact) mass is 371 g/mol. The number of hydrogen-bond donors (Lipinski definition) is 1. The lowest BCUT2D eigenvalue weighted by Gasteiger charge is -2.28. The van der Waals surface area contributed by atoms with Gasteiger partial charge in [0.1, 0.15) is 17.1 Å². The number of para-hydroxylation sites is 1. The van der Waals surface area contributed by atoms with E-state index in [0.29, 0.717) is 25.5 Å². The van der Waals surface area contributed by atoms with Crippen LogP contribution >= 0.6 is 0 Å². The highest BCUT2D eigenvalue weighted by Gasteiger charge is 2.17. The number of anilines is 1. The molecule has 1 aromatic heterocycles. The van der Waals surface area contributed by atoms with Crippen LogP contribution in [0.3, 0.4) is 0 Å². The van der Waals surface area contributed by atoms with Crippen molar-refractivity contribution in [2.75, 3.05) is 51.0 Å². The van der Waals surface area contributed by atoms with Crippen molar-refractivity contribution in [3.63, 3.8) is 0 Å². The molecule has 7 nitrogen and oxygen atoms in total. The van der Waals surface area contributed by atoms with Gasteiger partial charge in [0.2, 0.25) is 0 Å². The fourth-order valence-corrected chi connectivity index (χ4v) is 3.42. The molecule has 1 atom stereocenters. The van der Waals surface area contributed by atoms with Crippen molar-refractivity contribution in [3.05, 3.63) is 30.3 Å². The lowest BCUT2D eigenvalue weighted by molar-refractivity contribution is -0.123. The third kappa shape index (κ3) is 4.48.